The second kappa shape index (κ2) is 6.10. The Kier molecular flexibility index (Phi) is 4.48. The van der Waals surface area contributed by atoms with Gasteiger partial charge in [-0.1, -0.05) is 6.07 Å². The van der Waals surface area contributed by atoms with Gasteiger partial charge in [0.1, 0.15) is 0 Å². The average molecular weight is 248 g/mol. The molecular formula is C15H24N2O. The second-order valence-electron chi connectivity index (χ2n) is 4.96. The first-order valence-corrected chi connectivity index (χ1v) is 6.88. The molecule has 1 aromatic rings. The fraction of sp³-hybridized carbons (Fsp3) is 0.600. The van der Waals surface area contributed by atoms with Gasteiger partial charge in [0.2, 0.25) is 0 Å². The van der Waals surface area contributed by atoms with Crippen molar-refractivity contribution in [3.63, 3.8) is 0 Å². The summed E-state index contributed by atoms with van der Waals surface area (Å²) < 4.78 is 5.26. The summed E-state index contributed by atoms with van der Waals surface area (Å²) in [5.74, 6) is 0. The summed E-state index contributed by atoms with van der Waals surface area (Å²) in [6, 6.07) is 7.19. The molecule has 0 fully saturated rings. The maximum atomic E-state index is 5.26. The SMILES string of the molecule is CCN(c1ccc2c(c1)NCCC2)C(C)COC. The molecule has 1 aromatic carbocycles. The molecule has 1 N–H and O–H groups in total. The van der Waals surface area contributed by atoms with E-state index in [0.717, 1.165) is 19.7 Å². The van der Waals surface area contributed by atoms with E-state index in [-0.39, 0.29) is 0 Å². The zero-order chi connectivity index (χ0) is 13.0. The molecule has 2 rings (SSSR count). The van der Waals surface area contributed by atoms with Gasteiger partial charge in [-0.15, -0.1) is 0 Å². The normalized spacial score (nSPS) is 15.7. The van der Waals surface area contributed by atoms with Crippen LogP contribution in [0.5, 0.6) is 0 Å². The van der Waals surface area contributed by atoms with Gasteiger partial charge in [-0.3, -0.25) is 0 Å². The number of hydrogen-bond acceptors (Lipinski definition) is 3. The minimum Gasteiger partial charge on any atom is -0.385 e. The van der Waals surface area contributed by atoms with Gasteiger partial charge in [0.25, 0.3) is 0 Å². The van der Waals surface area contributed by atoms with E-state index in [4.69, 9.17) is 4.74 Å². The lowest BCUT2D eigenvalue weighted by Crippen LogP contribution is -2.36. The van der Waals surface area contributed by atoms with Crippen molar-refractivity contribution in [2.75, 3.05) is 37.0 Å². The summed E-state index contributed by atoms with van der Waals surface area (Å²) in [7, 11) is 1.76. The van der Waals surface area contributed by atoms with E-state index < -0.39 is 0 Å². The molecule has 0 spiro atoms. The minimum absolute atomic E-state index is 0.404. The van der Waals surface area contributed by atoms with E-state index in [1.165, 1.54) is 29.8 Å². The topological polar surface area (TPSA) is 24.5 Å². The number of nitrogens with zero attached hydrogens (tertiary/aromatic N) is 1. The molecule has 3 nitrogen and oxygen atoms in total. The van der Waals surface area contributed by atoms with Crippen molar-refractivity contribution in [2.24, 2.45) is 0 Å². The molecule has 0 radical (unpaired) electrons. The molecule has 3 heteroatoms. The highest BCUT2D eigenvalue weighted by molar-refractivity contribution is 5.63. The van der Waals surface area contributed by atoms with Crippen LogP contribution in [0.15, 0.2) is 18.2 Å². The third kappa shape index (κ3) is 2.78. The number of ether oxygens (including phenoxy) is 1. The Balaban J connectivity index is 2.20. The second-order valence-corrected chi connectivity index (χ2v) is 4.96. The average Bonchev–Trinajstić information content (AvgIpc) is 2.40. The van der Waals surface area contributed by atoms with Crippen LogP contribution >= 0.6 is 0 Å². The van der Waals surface area contributed by atoms with Crippen LogP contribution in [0.25, 0.3) is 0 Å². The van der Waals surface area contributed by atoms with Crippen molar-refractivity contribution in [3.8, 4) is 0 Å². The van der Waals surface area contributed by atoms with Gasteiger partial charge in [-0.25, -0.2) is 0 Å². The lowest BCUT2D eigenvalue weighted by Gasteiger charge is -2.31. The van der Waals surface area contributed by atoms with Crippen molar-refractivity contribution >= 4 is 11.4 Å². The number of aryl methyl sites for hydroxylation is 1. The third-order valence-corrected chi connectivity index (χ3v) is 3.64. The lowest BCUT2D eigenvalue weighted by atomic mass is 10.0. The van der Waals surface area contributed by atoms with Crippen LogP contribution in [0.4, 0.5) is 11.4 Å². The summed E-state index contributed by atoms with van der Waals surface area (Å²) in [5, 5.41) is 3.49. The van der Waals surface area contributed by atoms with E-state index >= 15 is 0 Å². The van der Waals surface area contributed by atoms with Gasteiger partial charge < -0.3 is 15.0 Å². The number of methoxy groups -OCH3 is 1. The van der Waals surface area contributed by atoms with Crippen LogP contribution in [-0.2, 0) is 11.2 Å². The Hall–Kier alpha value is -1.22. The van der Waals surface area contributed by atoms with Crippen molar-refractivity contribution in [2.45, 2.75) is 32.7 Å². The highest BCUT2D eigenvalue weighted by Crippen LogP contribution is 2.28. The van der Waals surface area contributed by atoms with Gasteiger partial charge in [0.15, 0.2) is 0 Å². The Morgan fingerprint density at radius 1 is 1.44 bits per heavy atom. The molecule has 1 aliphatic rings. The third-order valence-electron chi connectivity index (χ3n) is 3.64. The van der Waals surface area contributed by atoms with Crippen LogP contribution in [0, 0.1) is 0 Å². The van der Waals surface area contributed by atoms with E-state index in [1.807, 2.05) is 0 Å². The largest absolute Gasteiger partial charge is 0.385 e. The number of likely N-dealkylation sites (N-methyl/N-ethyl adjacent to an activating group) is 1. The number of hydrogen-bond donors (Lipinski definition) is 1. The van der Waals surface area contributed by atoms with Crippen molar-refractivity contribution < 1.29 is 4.74 Å². The minimum atomic E-state index is 0.404. The van der Waals surface area contributed by atoms with Crippen LogP contribution < -0.4 is 10.2 Å². The van der Waals surface area contributed by atoms with Gasteiger partial charge in [-0.05, 0) is 44.4 Å². The maximum Gasteiger partial charge on any atom is 0.0663 e. The van der Waals surface area contributed by atoms with E-state index in [0.29, 0.717) is 6.04 Å². The summed E-state index contributed by atoms with van der Waals surface area (Å²) in [4.78, 5) is 2.39. The van der Waals surface area contributed by atoms with E-state index in [1.54, 1.807) is 7.11 Å². The Labute approximate surface area is 110 Å². The summed E-state index contributed by atoms with van der Waals surface area (Å²) in [6.45, 7) is 7.26. The number of benzene rings is 1. The summed E-state index contributed by atoms with van der Waals surface area (Å²) >= 11 is 0. The molecule has 1 aliphatic heterocycles. The molecule has 1 unspecified atom stereocenters. The Morgan fingerprint density at radius 2 is 2.28 bits per heavy atom. The number of fused-ring (bicyclic) bond motifs is 1. The smallest absolute Gasteiger partial charge is 0.0663 e. The highest BCUT2D eigenvalue weighted by atomic mass is 16.5. The van der Waals surface area contributed by atoms with Gasteiger partial charge in [-0.2, -0.15) is 0 Å². The quantitative estimate of drug-likeness (QED) is 0.867. The lowest BCUT2D eigenvalue weighted by molar-refractivity contribution is 0.182. The van der Waals surface area contributed by atoms with Crippen LogP contribution in [0.3, 0.4) is 0 Å². The van der Waals surface area contributed by atoms with E-state index in [9.17, 15) is 0 Å². The molecule has 0 saturated carbocycles. The number of anilines is 2. The molecule has 1 atom stereocenters. The van der Waals surface area contributed by atoms with Crippen LogP contribution in [-0.4, -0.2) is 32.8 Å². The fourth-order valence-corrected chi connectivity index (χ4v) is 2.71. The predicted octanol–water partition coefficient (Wildman–Crippen LogP) is 2.91. The van der Waals surface area contributed by atoms with Crippen molar-refractivity contribution in [1.29, 1.82) is 0 Å². The summed E-state index contributed by atoms with van der Waals surface area (Å²) in [5.41, 5.74) is 4.04. The Bertz CT molecular complexity index is 392. The zero-order valence-electron chi connectivity index (χ0n) is 11.7. The molecule has 0 aromatic heterocycles. The predicted molar refractivity (Wildman–Crippen MR) is 77.6 cm³/mol. The monoisotopic (exact) mass is 248 g/mol. The first-order chi connectivity index (χ1) is 8.76. The summed E-state index contributed by atoms with van der Waals surface area (Å²) in [6.07, 6.45) is 2.44. The molecule has 100 valence electrons. The highest BCUT2D eigenvalue weighted by Gasteiger charge is 2.15. The standard InChI is InChI=1S/C15H24N2O/c1-4-17(12(2)11-18-3)14-8-7-13-6-5-9-16-15(13)10-14/h7-8,10,12,16H,4-6,9,11H2,1-3H3. The van der Waals surface area contributed by atoms with Gasteiger partial charge in [0.05, 0.1) is 6.61 Å². The molecule has 18 heavy (non-hydrogen) atoms. The van der Waals surface area contributed by atoms with Crippen LogP contribution in [0.2, 0.25) is 0 Å². The molecular weight excluding hydrogens is 224 g/mol. The van der Waals surface area contributed by atoms with Gasteiger partial charge in [0, 0.05) is 37.6 Å². The fourth-order valence-electron chi connectivity index (χ4n) is 2.71. The van der Waals surface area contributed by atoms with Crippen molar-refractivity contribution in [3.05, 3.63) is 23.8 Å². The zero-order valence-corrected chi connectivity index (χ0v) is 11.7. The molecule has 0 aliphatic carbocycles. The first kappa shape index (κ1) is 13.2. The van der Waals surface area contributed by atoms with Crippen LogP contribution in [0.1, 0.15) is 25.8 Å². The first-order valence-electron chi connectivity index (χ1n) is 6.88. The molecule has 0 saturated heterocycles. The van der Waals surface area contributed by atoms with Gasteiger partial charge >= 0.3 is 0 Å². The Morgan fingerprint density at radius 3 is 3.00 bits per heavy atom. The number of nitrogens with one attached hydrogen (secondary N) is 1. The maximum absolute atomic E-state index is 5.26. The number of rotatable bonds is 5. The van der Waals surface area contributed by atoms with Crippen molar-refractivity contribution in [1.82, 2.24) is 0 Å². The molecule has 0 bridgehead atoms. The van der Waals surface area contributed by atoms with E-state index in [2.05, 4.69) is 42.3 Å². The molecule has 1 heterocycles. The molecule has 0 amide bonds.